The molecule has 1 saturated heterocycles. The van der Waals surface area contributed by atoms with Gasteiger partial charge in [-0.2, -0.15) is 0 Å². The highest BCUT2D eigenvalue weighted by molar-refractivity contribution is 6.02. The minimum absolute atomic E-state index is 0.00125. The number of benzene rings is 2. The summed E-state index contributed by atoms with van der Waals surface area (Å²) < 4.78 is 0. The second-order valence-electron chi connectivity index (χ2n) is 6.67. The Bertz CT molecular complexity index is 841. The molecule has 1 aliphatic heterocycles. The van der Waals surface area contributed by atoms with Crippen LogP contribution in [0.15, 0.2) is 54.6 Å². The van der Waals surface area contributed by atoms with Gasteiger partial charge in [0.25, 0.3) is 5.69 Å². The van der Waals surface area contributed by atoms with E-state index in [4.69, 9.17) is 0 Å². The average molecular weight is 367 g/mol. The van der Waals surface area contributed by atoms with E-state index in [1.807, 2.05) is 24.3 Å². The third-order valence-electron chi connectivity index (χ3n) is 4.63. The van der Waals surface area contributed by atoms with Gasteiger partial charge in [0, 0.05) is 29.6 Å². The summed E-state index contributed by atoms with van der Waals surface area (Å²) in [5.41, 5.74) is 2.48. The number of piperazine rings is 1. The molecule has 2 aromatic rings. The predicted octanol–water partition coefficient (Wildman–Crippen LogP) is 1.58. The normalized spacial score (nSPS) is 15.1. The lowest BCUT2D eigenvalue weighted by molar-refractivity contribution is -0.880. The summed E-state index contributed by atoms with van der Waals surface area (Å²) in [5.74, 6) is -0.280. The largest absolute Gasteiger partial charge is 0.360 e. The summed E-state index contributed by atoms with van der Waals surface area (Å²) in [6.45, 7) is 4.31. The van der Waals surface area contributed by atoms with Gasteiger partial charge in [-0.1, -0.05) is 12.1 Å². The first-order valence-electron chi connectivity index (χ1n) is 8.91. The Morgan fingerprint density at radius 3 is 2.56 bits per heavy atom. The van der Waals surface area contributed by atoms with Crippen LogP contribution in [0.25, 0.3) is 6.08 Å². The van der Waals surface area contributed by atoms with Crippen molar-refractivity contribution in [2.75, 3.05) is 43.4 Å². The fraction of sp³-hybridized carbons (Fsp3) is 0.250. The number of likely N-dealkylation sites (N-methyl/N-ethyl adjacent to an activating group) is 1. The maximum Gasteiger partial charge on any atom is 0.270 e. The molecule has 0 bridgehead atoms. The van der Waals surface area contributed by atoms with Crippen LogP contribution in [0.4, 0.5) is 17.1 Å². The number of hydrogen-bond acceptors (Lipinski definition) is 4. The summed E-state index contributed by atoms with van der Waals surface area (Å²) >= 11 is 0. The second kappa shape index (κ2) is 8.46. The molecule has 2 N–H and O–H groups in total. The first kappa shape index (κ1) is 18.6. The van der Waals surface area contributed by atoms with Crippen molar-refractivity contribution in [3.05, 3.63) is 70.3 Å². The molecule has 1 amide bonds. The fourth-order valence-corrected chi connectivity index (χ4v) is 3.00. The number of nitro benzene ring substituents is 1. The molecule has 0 saturated carbocycles. The maximum atomic E-state index is 12.1. The van der Waals surface area contributed by atoms with Gasteiger partial charge in [0.05, 0.1) is 38.2 Å². The van der Waals surface area contributed by atoms with Crippen molar-refractivity contribution in [3.8, 4) is 0 Å². The highest BCUT2D eigenvalue weighted by Crippen LogP contribution is 2.18. The average Bonchev–Trinajstić information content (AvgIpc) is 2.68. The summed E-state index contributed by atoms with van der Waals surface area (Å²) in [6, 6.07) is 14.0. The zero-order valence-corrected chi connectivity index (χ0v) is 15.2. The minimum atomic E-state index is -0.458. The number of nitro groups is 1. The molecule has 1 heterocycles. The molecular formula is C20H23N4O3+. The Kier molecular flexibility index (Phi) is 5.83. The van der Waals surface area contributed by atoms with E-state index in [-0.39, 0.29) is 11.6 Å². The minimum Gasteiger partial charge on any atom is -0.360 e. The zero-order valence-electron chi connectivity index (χ0n) is 15.2. The summed E-state index contributed by atoms with van der Waals surface area (Å²) in [7, 11) is 2.21. The summed E-state index contributed by atoms with van der Waals surface area (Å²) in [5, 5.41) is 13.6. The van der Waals surface area contributed by atoms with Crippen molar-refractivity contribution >= 4 is 29.0 Å². The van der Waals surface area contributed by atoms with Crippen molar-refractivity contribution in [2.45, 2.75) is 0 Å². The standard InChI is InChI=1S/C20H22N4O3/c1-22-11-13-23(14-12-22)18-8-6-17(7-9-18)21-20(25)10-5-16-3-2-4-19(15-16)24(26)27/h2-10,15H,11-14H2,1H3,(H,21,25)/p+1/b10-5+. The number of carbonyl (C=O) groups excluding carboxylic acids is 1. The van der Waals surface area contributed by atoms with Crippen molar-refractivity contribution < 1.29 is 14.6 Å². The lowest BCUT2D eigenvalue weighted by Gasteiger charge is -2.31. The molecule has 0 aromatic heterocycles. The quantitative estimate of drug-likeness (QED) is 0.478. The van der Waals surface area contributed by atoms with Gasteiger partial charge in [-0.3, -0.25) is 14.9 Å². The number of nitrogens with one attached hydrogen (secondary N) is 2. The number of carbonyl (C=O) groups is 1. The number of hydrogen-bond donors (Lipinski definition) is 2. The molecular weight excluding hydrogens is 344 g/mol. The van der Waals surface area contributed by atoms with Gasteiger partial charge in [0.1, 0.15) is 0 Å². The molecule has 7 nitrogen and oxygen atoms in total. The number of non-ortho nitro benzene ring substituents is 1. The van der Waals surface area contributed by atoms with Crippen LogP contribution in [-0.2, 0) is 4.79 Å². The van der Waals surface area contributed by atoms with Crippen molar-refractivity contribution in [1.82, 2.24) is 0 Å². The Labute approximate surface area is 158 Å². The molecule has 0 atom stereocenters. The van der Waals surface area contributed by atoms with E-state index in [0.717, 1.165) is 31.9 Å². The van der Waals surface area contributed by atoms with Gasteiger partial charge < -0.3 is 15.1 Å². The van der Waals surface area contributed by atoms with Gasteiger partial charge in [-0.15, -0.1) is 0 Å². The first-order chi connectivity index (χ1) is 13.0. The molecule has 1 fully saturated rings. The Morgan fingerprint density at radius 1 is 1.19 bits per heavy atom. The third-order valence-corrected chi connectivity index (χ3v) is 4.63. The van der Waals surface area contributed by atoms with Crippen LogP contribution >= 0.6 is 0 Å². The number of anilines is 2. The van der Waals surface area contributed by atoms with Gasteiger partial charge in [-0.25, -0.2) is 0 Å². The second-order valence-corrected chi connectivity index (χ2v) is 6.67. The van der Waals surface area contributed by atoms with Crippen LogP contribution < -0.4 is 15.1 Å². The Balaban J connectivity index is 1.57. The van der Waals surface area contributed by atoms with E-state index in [9.17, 15) is 14.9 Å². The topological polar surface area (TPSA) is 79.9 Å². The van der Waals surface area contributed by atoms with Gasteiger partial charge in [0.2, 0.25) is 5.91 Å². The summed E-state index contributed by atoms with van der Waals surface area (Å²) in [6.07, 6.45) is 2.93. The predicted molar refractivity (Wildman–Crippen MR) is 106 cm³/mol. The highest BCUT2D eigenvalue weighted by atomic mass is 16.6. The van der Waals surface area contributed by atoms with Crippen LogP contribution in [0.3, 0.4) is 0 Å². The lowest BCUT2D eigenvalue weighted by atomic mass is 10.2. The molecule has 0 spiro atoms. The smallest absolute Gasteiger partial charge is 0.270 e. The molecule has 0 aliphatic carbocycles. The molecule has 0 unspecified atom stereocenters. The monoisotopic (exact) mass is 367 g/mol. The van der Waals surface area contributed by atoms with Gasteiger partial charge in [0.15, 0.2) is 0 Å². The molecule has 3 rings (SSSR count). The van der Waals surface area contributed by atoms with E-state index >= 15 is 0 Å². The SMILES string of the molecule is C[NH+]1CCN(c2ccc(NC(=O)/C=C/c3cccc([N+](=O)[O-])c3)cc2)CC1. The van der Waals surface area contributed by atoms with Crippen molar-refractivity contribution in [2.24, 2.45) is 0 Å². The number of nitrogens with zero attached hydrogens (tertiary/aromatic N) is 2. The number of quaternary nitrogens is 1. The molecule has 1 aliphatic rings. The maximum absolute atomic E-state index is 12.1. The number of rotatable bonds is 5. The molecule has 2 aromatic carbocycles. The van der Waals surface area contributed by atoms with Crippen LogP contribution in [0.2, 0.25) is 0 Å². The zero-order chi connectivity index (χ0) is 19.2. The van der Waals surface area contributed by atoms with Crippen molar-refractivity contribution in [1.29, 1.82) is 0 Å². The van der Waals surface area contributed by atoms with E-state index in [2.05, 4.69) is 17.3 Å². The van der Waals surface area contributed by atoms with Crippen LogP contribution in [-0.4, -0.2) is 44.1 Å². The number of amides is 1. The first-order valence-corrected chi connectivity index (χ1v) is 8.91. The van der Waals surface area contributed by atoms with E-state index in [0.29, 0.717) is 11.3 Å². The van der Waals surface area contributed by atoms with E-state index in [1.165, 1.54) is 18.2 Å². The van der Waals surface area contributed by atoms with Crippen LogP contribution in [0, 0.1) is 10.1 Å². The Morgan fingerprint density at radius 2 is 1.89 bits per heavy atom. The molecule has 27 heavy (non-hydrogen) atoms. The van der Waals surface area contributed by atoms with Gasteiger partial charge >= 0.3 is 0 Å². The van der Waals surface area contributed by atoms with Crippen molar-refractivity contribution in [3.63, 3.8) is 0 Å². The van der Waals surface area contributed by atoms with E-state index in [1.54, 1.807) is 23.1 Å². The van der Waals surface area contributed by atoms with Crippen LogP contribution in [0.1, 0.15) is 5.56 Å². The van der Waals surface area contributed by atoms with E-state index < -0.39 is 4.92 Å². The molecule has 7 heteroatoms. The lowest BCUT2D eigenvalue weighted by Crippen LogP contribution is -3.12. The van der Waals surface area contributed by atoms with Gasteiger partial charge in [-0.05, 0) is 35.9 Å². The molecule has 140 valence electrons. The summed E-state index contributed by atoms with van der Waals surface area (Å²) in [4.78, 5) is 26.3. The fourth-order valence-electron chi connectivity index (χ4n) is 3.00. The Hall–Kier alpha value is -3.19. The highest BCUT2D eigenvalue weighted by Gasteiger charge is 2.16. The molecule has 0 radical (unpaired) electrons. The van der Waals surface area contributed by atoms with Crippen LogP contribution in [0.5, 0.6) is 0 Å². The third kappa shape index (κ3) is 5.15.